The van der Waals surface area contributed by atoms with Crippen molar-refractivity contribution in [2.45, 2.75) is 12.6 Å². The van der Waals surface area contributed by atoms with Crippen LogP contribution in [0.5, 0.6) is 11.8 Å². The molecule has 8 nitrogen and oxygen atoms in total. The van der Waals surface area contributed by atoms with Crippen LogP contribution in [-0.4, -0.2) is 61.7 Å². The molecule has 2 amide bonds. The van der Waals surface area contributed by atoms with Crippen LogP contribution in [0.15, 0.2) is 42.5 Å². The molecule has 1 fully saturated rings. The van der Waals surface area contributed by atoms with Gasteiger partial charge < -0.3 is 24.4 Å². The van der Waals surface area contributed by atoms with Gasteiger partial charge in [-0.2, -0.15) is 4.98 Å². The number of benzene rings is 1. The predicted molar refractivity (Wildman–Crippen MR) is 101 cm³/mol. The average molecular weight is 385 g/mol. The van der Waals surface area contributed by atoms with E-state index < -0.39 is 0 Å². The van der Waals surface area contributed by atoms with Gasteiger partial charge in [0.1, 0.15) is 12.2 Å². The van der Waals surface area contributed by atoms with E-state index in [-0.39, 0.29) is 36.9 Å². The zero-order valence-electron chi connectivity index (χ0n) is 15.9. The number of nitrogens with one attached hydrogen (secondary N) is 1. The summed E-state index contributed by atoms with van der Waals surface area (Å²) in [6.07, 6.45) is -0.289. The minimum Gasteiger partial charge on any atom is -0.481 e. The maximum atomic E-state index is 12.5. The Balaban J connectivity index is 1.58. The second-order valence-electron chi connectivity index (χ2n) is 6.31. The van der Waals surface area contributed by atoms with Crippen molar-refractivity contribution in [3.8, 4) is 11.8 Å². The molecule has 28 heavy (non-hydrogen) atoms. The average Bonchev–Trinajstić information content (AvgIpc) is 2.74. The summed E-state index contributed by atoms with van der Waals surface area (Å²) in [4.78, 5) is 30.5. The standard InChI is InChI=1S/C20H23N3O5/c1-26-17-9-8-16(20(22-17)27-2)19(25)21-10-15-12-23(18(24)13-28-15)11-14-6-4-3-5-7-14/h3-9,15H,10-13H2,1-2H3,(H,21,25). The molecule has 1 aromatic heterocycles. The number of pyridine rings is 1. The summed E-state index contributed by atoms with van der Waals surface area (Å²) in [7, 11) is 2.93. The number of rotatable bonds is 7. The Labute approximate surface area is 163 Å². The Kier molecular flexibility index (Phi) is 6.44. The number of hydrogen-bond acceptors (Lipinski definition) is 6. The number of aromatic nitrogens is 1. The highest BCUT2D eigenvalue weighted by molar-refractivity contribution is 5.96. The molecule has 0 saturated carbocycles. The molecule has 0 bridgehead atoms. The third-order valence-corrected chi connectivity index (χ3v) is 4.41. The van der Waals surface area contributed by atoms with Gasteiger partial charge >= 0.3 is 0 Å². The highest BCUT2D eigenvalue weighted by Gasteiger charge is 2.27. The minimum absolute atomic E-state index is 0.000777. The summed E-state index contributed by atoms with van der Waals surface area (Å²) >= 11 is 0. The number of carbonyl (C=O) groups is 2. The highest BCUT2D eigenvalue weighted by Crippen LogP contribution is 2.19. The Morgan fingerprint density at radius 2 is 2.00 bits per heavy atom. The molecule has 2 heterocycles. The van der Waals surface area contributed by atoms with Gasteiger partial charge in [-0.1, -0.05) is 30.3 Å². The van der Waals surface area contributed by atoms with E-state index in [1.54, 1.807) is 17.0 Å². The van der Waals surface area contributed by atoms with Crippen molar-refractivity contribution in [3.63, 3.8) is 0 Å². The molecule has 1 atom stereocenters. The number of nitrogens with zero attached hydrogens (tertiary/aromatic N) is 2. The van der Waals surface area contributed by atoms with Crippen LogP contribution in [0.4, 0.5) is 0 Å². The van der Waals surface area contributed by atoms with E-state index in [2.05, 4.69) is 10.3 Å². The maximum Gasteiger partial charge on any atom is 0.256 e. The number of morpholine rings is 1. The molecule has 1 aliphatic rings. The summed E-state index contributed by atoms with van der Waals surface area (Å²) in [5.74, 6) is 0.149. The summed E-state index contributed by atoms with van der Waals surface area (Å²) in [5.41, 5.74) is 1.35. The van der Waals surface area contributed by atoms with Gasteiger partial charge in [0.2, 0.25) is 17.7 Å². The zero-order valence-corrected chi connectivity index (χ0v) is 15.9. The van der Waals surface area contributed by atoms with Crippen molar-refractivity contribution in [2.24, 2.45) is 0 Å². The molecule has 0 radical (unpaired) electrons. The van der Waals surface area contributed by atoms with Gasteiger partial charge in [-0.25, -0.2) is 0 Å². The van der Waals surface area contributed by atoms with Gasteiger partial charge in [-0.3, -0.25) is 9.59 Å². The van der Waals surface area contributed by atoms with Gasteiger partial charge in [0.15, 0.2) is 0 Å². The van der Waals surface area contributed by atoms with Gasteiger partial charge in [-0.15, -0.1) is 0 Å². The van der Waals surface area contributed by atoms with Crippen molar-refractivity contribution >= 4 is 11.8 Å². The largest absolute Gasteiger partial charge is 0.481 e. The molecule has 8 heteroatoms. The molecule has 1 N–H and O–H groups in total. The van der Waals surface area contributed by atoms with Gasteiger partial charge in [0, 0.05) is 25.7 Å². The van der Waals surface area contributed by atoms with Crippen LogP contribution in [0.1, 0.15) is 15.9 Å². The fourth-order valence-corrected chi connectivity index (χ4v) is 2.93. The van der Waals surface area contributed by atoms with E-state index in [0.29, 0.717) is 24.5 Å². The lowest BCUT2D eigenvalue weighted by molar-refractivity contribution is -0.149. The Hall–Kier alpha value is -3.13. The van der Waals surface area contributed by atoms with Crippen LogP contribution in [0.2, 0.25) is 0 Å². The van der Waals surface area contributed by atoms with Crippen LogP contribution >= 0.6 is 0 Å². The maximum absolute atomic E-state index is 12.5. The molecule has 1 saturated heterocycles. The van der Waals surface area contributed by atoms with Gasteiger partial charge in [-0.05, 0) is 11.6 Å². The molecule has 148 valence electrons. The van der Waals surface area contributed by atoms with Crippen LogP contribution in [0.25, 0.3) is 0 Å². The van der Waals surface area contributed by atoms with E-state index in [9.17, 15) is 9.59 Å². The van der Waals surface area contributed by atoms with E-state index in [0.717, 1.165) is 5.56 Å². The topological polar surface area (TPSA) is 90.0 Å². The quantitative estimate of drug-likeness (QED) is 0.772. The third-order valence-electron chi connectivity index (χ3n) is 4.41. The van der Waals surface area contributed by atoms with Gasteiger partial charge in [0.25, 0.3) is 5.91 Å². The summed E-state index contributed by atoms with van der Waals surface area (Å²) < 4.78 is 15.8. The minimum atomic E-state index is -0.331. The van der Waals surface area contributed by atoms with Crippen molar-refractivity contribution in [1.29, 1.82) is 0 Å². The normalized spacial score (nSPS) is 16.6. The number of ether oxygens (including phenoxy) is 3. The SMILES string of the molecule is COc1ccc(C(=O)NCC2CN(Cc3ccccc3)C(=O)CO2)c(OC)n1. The molecule has 3 rings (SSSR count). The lowest BCUT2D eigenvalue weighted by Crippen LogP contribution is -2.50. The monoisotopic (exact) mass is 385 g/mol. The Morgan fingerprint density at radius 1 is 1.21 bits per heavy atom. The van der Waals surface area contributed by atoms with E-state index >= 15 is 0 Å². The fourth-order valence-electron chi connectivity index (χ4n) is 2.93. The predicted octanol–water partition coefficient (Wildman–Crippen LogP) is 1.26. The summed E-state index contributed by atoms with van der Waals surface area (Å²) in [6, 6.07) is 12.9. The number of hydrogen-bond donors (Lipinski definition) is 1. The first kappa shape index (κ1) is 19.6. The number of carbonyl (C=O) groups excluding carboxylic acids is 2. The molecule has 0 spiro atoms. The third kappa shape index (κ3) is 4.77. The number of methoxy groups -OCH3 is 2. The molecular formula is C20H23N3O5. The van der Waals surface area contributed by atoms with Crippen molar-refractivity contribution in [2.75, 3.05) is 33.9 Å². The van der Waals surface area contributed by atoms with Crippen molar-refractivity contribution in [1.82, 2.24) is 15.2 Å². The first-order valence-corrected chi connectivity index (χ1v) is 8.91. The Morgan fingerprint density at radius 3 is 2.71 bits per heavy atom. The lowest BCUT2D eigenvalue weighted by atomic mass is 10.2. The second-order valence-corrected chi connectivity index (χ2v) is 6.31. The lowest BCUT2D eigenvalue weighted by Gasteiger charge is -2.33. The Bertz CT molecular complexity index is 828. The smallest absolute Gasteiger partial charge is 0.256 e. The zero-order chi connectivity index (χ0) is 19.9. The molecular weight excluding hydrogens is 362 g/mol. The van der Waals surface area contributed by atoms with Gasteiger partial charge in [0.05, 0.1) is 20.3 Å². The molecule has 1 aliphatic heterocycles. The van der Waals surface area contributed by atoms with Crippen LogP contribution in [0, 0.1) is 0 Å². The first-order valence-electron chi connectivity index (χ1n) is 8.91. The highest BCUT2D eigenvalue weighted by atomic mass is 16.5. The van der Waals surface area contributed by atoms with Crippen LogP contribution in [-0.2, 0) is 16.1 Å². The van der Waals surface area contributed by atoms with Crippen molar-refractivity contribution < 1.29 is 23.8 Å². The van der Waals surface area contributed by atoms with Crippen molar-refractivity contribution in [3.05, 3.63) is 53.6 Å². The molecule has 0 aliphatic carbocycles. The molecule has 1 aromatic carbocycles. The van der Waals surface area contributed by atoms with E-state index in [1.807, 2.05) is 30.3 Å². The first-order chi connectivity index (χ1) is 13.6. The van der Waals surface area contributed by atoms with E-state index in [1.165, 1.54) is 14.2 Å². The fraction of sp³-hybridized carbons (Fsp3) is 0.350. The molecule has 2 aromatic rings. The van der Waals surface area contributed by atoms with Crippen LogP contribution < -0.4 is 14.8 Å². The second kappa shape index (κ2) is 9.18. The summed E-state index contributed by atoms with van der Waals surface area (Å²) in [5, 5.41) is 2.82. The van der Waals surface area contributed by atoms with Crippen LogP contribution in [0.3, 0.4) is 0 Å². The van der Waals surface area contributed by atoms with E-state index in [4.69, 9.17) is 14.2 Å². The summed E-state index contributed by atoms with van der Waals surface area (Å²) in [6.45, 7) is 1.20. The molecule has 1 unspecified atom stereocenters. The number of amides is 2.